The van der Waals surface area contributed by atoms with E-state index in [2.05, 4.69) is 17.1 Å². The molecule has 3 heterocycles. The Kier molecular flexibility index (Phi) is 4.01. The molecule has 0 amide bonds. The van der Waals surface area contributed by atoms with Crippen LogP contribution in [0.1, 0.15) is 29.3 Å². The lowest BCUT2D eigenvalue weighted by Gasteiger charge is -2.35. The molecular formula is C18H20N2O5. The Bertz CT molecular complexity index is 800. The van der Waals surface area contributed by atoms with E-state index < -0.39 is 0 Å². The maximum Gasteiger partial charge on any atom is 0.231 e. The average Bonchev–Trinajstić information content (AvgIpc) is 3.30. The number of oxime groups is 1. The van der Waals surface area contributed by atoms with Gasteiger partial charge < -0.3 is 23.8 Å². The van der Waals surface area contributed by atoms with E-state index in [-0.39, 0.29) is 12.8 Å². The minimum atomic E-state index is -0.0239. The molecule has 0 radical (unpaired) electrons. The molecule has 1 atom stereocenters. The third-order valence-electron chi connectivity index (χ3n) is 4.86. The topological polar surface area (TPSA) is 76.7 Å². The fourth-order valence-corrected chi connectivity index (χ4v) is 3.60. The van der Waals surface area contributed by atoms with E-state index in [0.717, 1.165) is 24.3 Å². The summed E-state index contributed by atoms with van der Waals surface area (Å²) in [5, 5.41) is 12.9. The van der Waals surface area contributed by atoms with Gasteiger partial charge in [-0.2, -0.15) is 0 Å². The first-order chi connectivity index (χ1) is 12.2. The van der Waals surface area contributed by atoms with Crippen LogP contribution in [0.2, 0.25) is 0 Å². The molecule has 2 aliphatic rings. The molecule has 4 rings (SSSR count). The number of hydrogen-bond acceptors (Lipinski definition) is 7. The van der Waals surface area contributed by atoms with Crippen LogP contribution in [0, 0.1) is 0 Å². The Hall–Kier alpha value is -2.67. The van der Waals surface area contributed by atoms with Crippen molar-refractivity contribution in [2.45, 2.75) is 18.9 Å². The standard InChI is InChI=1S/C18H20N2O5/c1-20-6-5-11-8-15-17(25-10-24-15)18(22-2)16(11)13(20)9-12(19-21)14-4-3-7-23-14/h3-4,7-8,13,21H,5-6,9-10H2,1-2H3/b19-12-. The van der Waals surface area contributed by atoms with E-state index in [4.69, 9.17) is 18.6 Å². The summed E-state index contributed by atoms with van der Waals surface area (Å²) in [5.74, 6) is 2.61. The average molecular weight is 344 g/mol. The van der Waals surface area contributed by atoms with Gasteiger partial charge in [0.05, 0.1) is 13.4 Å². The van der Waals surface area contributed by atoms with Gasteiger partial charge in [-0.05, 0) is 37.2 Å². The van der Waals surface area contributed by atoms with E-state index in [1.807, 2.05) is 6.07 Å². The van der Waals surface area contributed by atoms with E-state index in [0.29, 0.717) is 29.4 Å². The maximum absolute atomic E-state index is 9.48. The van der Waals surface area contributed by atoms with Gasteiger partial charge in [-0.1, -0.05) is 5.16 Å². The third kappa shape index (κ3) is 2.60. The molecule has 7 nitrogen and oxygen atoms in total. The Balaban J connectivity index is 1.77. The quantitative estimate of drug-likeness (QED) is 0.522. The molecule has 132 valence electrons. The summed E-state index contributed by atoms with van der Waals surface area (Å²) >= 11 is 0. The highest BCUT2D eigenvalue weighted by Crippen LogP contribution is 2.50. The van der Waals surface area contributed by atoms with Gasteiger partial charge in [-0.3, -0.25) is 4.90 Å². The summed E-state index contributed by atoms with van der Waals surface area (Å²) < 4.78 is 22.2. The van der Waals surface area contributed by atoms with Crippen LogP contribution in [0.4, 0.5) is 0 Å². The lowest BCUT2D eigenvalue weighted by molar-refractivity contribution is 0.170. The molecule has 0 fully saturated rings. The molecule has 25 heavy (non-hydrogen) atoms. The van der Waals surface area contributed by atoms with E-state index in [1.165, 1.54) is 5.56 Å². The van der Waals surface area contributed by atoms with Crippen molar-refractivity contribution in [2.24, 2.45) is 5.16 Å². The minimum absolute atomic E-state index is 0.0239. The van der Waals surface area contributed by atoms with Crippen LogP contribution in [-0.2, 0) is 6.42 Å². The lowest BCUT2D eigenvalue weighted by atomic mass is 9.88. The van der Waals surface area contributed by atoms with Crippen molar-refractivity contribution in [3.8, 4) is 17.2 Å². The Labute approximate surface area is 145 Å². The van der Waals surface area contributed by atoms with Crippen molar-refractivity contribution in [2.75, 3.05) is 27.5 Å². The smallest absolute Gasteiger partial charge is 0.231 e. The van der Waals surface area contributed by atoms with Crippen molar-refractivity contribution in [3.63, 3.8) is 0 Å². The summed E-state index contributed by atoms with van der Waals surface area (Å²) in [6.45, 7) is 1.09. The normalized spacial score (nSPS) is 19.8. The fourth-order valence-electron chi connectivity index (χ4n) is 3.60. The molecule has 1 N–H and O–H groups in total. The van der Waals surface area contributed by atoms with Gasteiger partial charge in [-0.25, -0.2) is 0 Å². The highest BCUT2D eigenvalue weighted by molar-refractivity contribution is 5.98. The largest absolute Gasteiger partial charge is 0.492 e. The predicted octanol–water partition coefficient (Wildman–Crippen LogP) is 2.81. The Morgan fingerprint density at radius 2 is 2.32 bits per heavy atom. The van der Waals surface area contributed by atoms with Crippen LogP contribution in [0.25, 0.3) is 0 Å². The maximum atomic E-state index is 9.48. The zero-order valence-electron chi connectivity index (χ0n) is 14.2. The van der Waals surface area contributed by atoms with E-state index in [9.17, 15) is 5.21 Å². The van der Waals surface area contributed by atoms with Crippen LogP contribution in [0.5, 0.6) is 17.2 Å². The Morgan fingerprint density at radius 1 is 1.44 bits per heavy atom. The van der Waals surface area contributed by atoms with Gasteiger partial charge in [0.15, 0.2) is 17.3 Å². The van der Waals surface area contributed by atoms with Crippen molar-refractivity contribution in [1.82, 2.24) is 4.90 Å². The van der Waals surface area contributed by atoms with Crippen LogP contribution >= 0.6 is 0 Å². The number of likely N-dealkylation sites (N-methyl/N-ethyl adjacent to an activating group) is 1. The predicted molar refractivity (Wildman–Crippen MR) is 89.8 cm³/mol. The van der Waals surface area contributed by atoms with Crippen molar-refractivity contribution in [1.29, 1.82) is 0 Å². The second-order valence-electron chi connectivity index (χ2n) is 6.19. The number of fused-ring (bicyclic) bond motifs is 2. The monoisotopic (exact) mass is 344 g/mol. The summed E-state index contributed by atoms with van der Waals surface area (Å²) in [4.78, 5) is 2.22. The van der Waals surface area contributed by atoms with Gasteiger partial charge in [0.25, 0.3) is 0 Å². The Morgan fingerprint density at radius 3 is 3.04 bits per heavy atom. The molecule has 7 heteroatoms. The first-order valence-corrected chi connectivity index (χ1v) is 8.17. The highest BCUT2D eigenvalue weighted by Gasteiger charge is 2.35. The van der Waals surface area contributed by atoms with E-state index in [1.54, 1.807) is 25.5 Å². The van der Waals surface area contributed by atoms with Gasteiger partial charge >= 0.3 is 0 Å². The molecule has 1 aromatic carbocycles. The van der Waals surface area contributed by atoms with Crippen molar-refractivity contribution < 1.29 is 23.8 Å². The van der Waals surface area contributed by atoms with Crippen LogP contribution in [0.15, 0.2) is 34.0 Å². The summed E-state index contributed by atoms with van der Waals surface area (Å²) in [6, 6.07) is 5.57. The molecule has 0 spiro atoms. The van der Waals surface area contributed by atoms with Crippen molar-refractivity contribution >= 4 is 5.71 Å². The number of furan rings is 1. The van der Waals surface area contributed by atoms with Gasteiger partial charge in [0.1, 0.15) is 5.71 Å². The molecule has 2 aliphatic heterocycles. The molecule has 1 unspecified atom stereocenters. The molecule has 0 saturated heterocycles. The summed E-state index contributed by atoms with van der Waals surface area (Å²) in [7, 11) is 3.69. The van der Waals surface area contributed by atoms with Crippen LogP contribution < -0.4 is 14.2 Å². The fraction of sp³-hybridized carbons (Fsp3) is 0.389. The second-order valence-corrected chi connectivity index (χ2v) is 6.19. The number of benzene rings is 1. The third-order valence-corrected chi connectivity index (χ3v) is 4.86. The van der Waals surface area contributed by atoms with Gasteiger partial charge in [-0.15, -0.1) is 0 Å². The van der Waals surface area contributed by atoms with Gasteiger partial charge in [0, 0.05) is 24.6 Å². The molecule has 0 saturated carbocycles. The van der Waals surface area contributed by atoms with Crippen molar-refractivity contribution in [3.05, 3.63) is 41.3 Å². The molecular weight excluding hydrogens is 324 g/mol. The number of nitrogens with zero attached hydrogens (tertiary/aromatic N) is 2. The summed E-state index contributed by atoms with van der Waals surface area (Å²) in [5.41, 5.74) is 2.71. The highest BCUT2D eigenvalue weighted by atomic mass is 16.7. The number of ether oxygens (including phenoxy) is 3. The molecule has 0 bridgehead atoms. The lowest BCUT2D eigenvalue weighted by Crippen LogP contribution is -2.34. The SMILES string of the molecule is COc1c2c(cc3c1C(C/C(=N/O)c1ccco1)N(C)CC3)OCO2. The van der Waals surface area contributed by atoms with E-state index >= 15 is 0 Å². The second kappa shape index (κ2) is 6.33. The van der Waals surface area contributed by atoms with Crippen LogP contribution in [0.3, 0.4) is 0 Å². The number of methoxy groups -OCH3 is 1. The zero-order valence-corrected chi connectivity index (χ0v) is 14.2. The number of rotatable bonds is 4. The first-order valence-electron chi connectivity index (χ1n) is 8.17. The first kappa shape index (κ1) is 15.8. The molecule has 2 aromatic rings. The number of hydrogen-bond donors (Lipinski definition) is 1. The summed E-state index contributed by atoms with van der Waals surface area (Å²) in [6.07, 6.45) is 2.95. The zero-order chi connectivity index (χ0) is 17.4. The molecule has 1 aromatic heterocycles. The minimum Gasteiger partial charge on any atom is -0.492 e. The van der Waals surface area contributed by atoms with Gasteiger partial charge in [0.2, 0.25) is 12.5 Å². The van der Waals surface area contributed by atoms with Crippen LogP contribution in [-0.4, -0.2) is 43.3 Å². The molecule has 0 aliphatic carbocycles.